The smallest absolute Gasteiger partial charge is 0.231 e. The number of hydrogen-bond donors (Lipinski definition) is 0. The lowest BCUT2D eigenvalue weighted by Crippen LogP contribution is -1.92. The summed E-state index contributed by atoms with van der Waals surface area (Å²) in [6, 6.07) is 5.60. The Labute approximate surface area is 81.6 Å². The van der Waals surface area contributed by atoms with Crippen molar-refractivity contribution in [1.82, 2.24) is 0 Å². The Kier molecular flexibility index (Phi) is 2.15. The molecule has 1 aromatic rings. The van der Waals surface area contributed by atoms with Gasteiger partial charge in [-0.05, 0) is 6.07 Å². The number of methoxy groups -OCH3 is 1. The summed E-state index contributed by atoms with van der Waals surface area (Å²) in [5, 5.41) is 8.61. The van der Waals surface area contributed by atoms with E-state index in [-0.39, 0.29) is 6.79 Å². The molecule has 0 atom stereocenters. The molecule has 0 amide bonds. The van der Waals surface area contributed by atoms with E-state index in [9.17, 15) is 0 Å². The monoisotopic (exact) mass is 191 g/mol. The quantitative estimate of drug-likeness (QED) is 0.710. The SMILES string of the molecule is COc1cc2c(cc1CC#N)OCO2. The third kappa shape index (κ3) is 1.33. The molecule has 1 aliphatic heterocycles. The zero-order valence-electron chi connectivity index (χ0n) is 7.74. The maximum atomic E-state index is 8.61. The number of nitriles is 1. The van der Waals surface area contributed by atoms with Gasteiger partial charge in [0.05, 0.1) is 19.6 Å². The Morgan fingerprint density at radius 3 is 2.79 bits per heavy atom. The van der Waals surface area contributed by atoms with E-state index >= 15 is 0 Å². The second-order valence-corrected chi connectivity index (χ2v) is 2.85. The van der Waals surface area contributed by atoms with Crippen molar-refractivity contribution in [1.29, 1.82) is 5.26 Å². The number of fused-ring (bicyclic) bond motifs is 1. The van der Waals surface area contributed by atoms with Gasteiger partial charge in [0.1, 0.15) is 5.75 Å². The summed E-state index contributed by atoms with van der Waals surface area (Å²) in [6.45, 7) is 0.231. The summed E-state index contributed by atoms with van der Waals surface area (Å²) in [6.07, 6.45) is 0.305. The van der Waals surface area contributed by atoms with Gasteiger partial charge >= 0.3 is 0 Å². The average molecular weight is 191 g/mol. The molecule has 14 heavy (non-hydrogen) atoms. The minimum Gasteiger partial charge on any atom is -0.496 e. The van der Waals surface area contributed by atoms with Crippen LogP contribution in [0.25, 0.3) is 0 Å². The average Bonchev–Trinajstić information content (AvgIpc) is 2.64. The van der Waals surface area contributed by atoms with Gasteiger partial charge in [-0.15, -0.1) is 0 Å². The molecule has 1 heterocycles. The molecule has 0 N–H and O–H groups in total. The van der Waals surface area contributed by atoms with Gasteiger partial charge in [-0.25, -0.2) is 0 Å². The Hall–Kier alpha value is -1.89. The maximum Gasteiger partial charge on any atom is 0.231 e. The lowest BCUT2D eigenvalue weighted by atomic mass is 10.1. The molecule has 1 aromatic carbocycles. The van der Waals surface area contributed by atoms with Gasteiger partial charge in [0.15, 0.2) is 11.5 Å². The number of ether oxygens (including phenoxy) is 3. The lowest BCUT2D eigenvalue weighted by Gasteiger charge is -2.06. The first-order valence-electron chi connectivity index (χ1n) is 4.18. The normalized spacial score (nSPS) is 12.3. The van der Waals surface area contributed by atoms with Crippen LogP contribution >= 0.6 is 0 Å². The van der Waals surface area contributed by atoms with E-state index in [1.54, 1.807) is 19.2 Å². The highest BCUT2D eigenvalue weighted by molar-refractivity contribution is 5.52. The maximum absolute atomic E-state index is 8.61. The molecule has 4 heteroatoms. The molecule has 0 bridgehead atoms. The summed E-state index contributed by atoms with van der Waals surface area (Å²) in [4.78, 5) is 0. The molecule has 0 radical (unpaired) electrons. The van der Waals surface area contributed by atoms with Crippen molar-refractivity contribution in [2.75, 3.05) is 13.9 Å². The molecule has 0 saturated heterocycles. The number of nitrogens with zero attached hydrogens (tertiary/aromatic N) is 1. The van der Waals surface area contributed by atoms with Crippen LogP contribution in [0.15, 0.2) is 12.1 Å². The van der Waals surface area contributed by atoms with E-state index in [1.807, 2.05) is 0 Å². The number of benzene rings is 1. The Balaban J connectivity index is 2.44. The van der Waals surface area contributed by atoms with Crippen molar-refractivity contribution in [2.24, 2.45) is 0 Å². The zero-order chi connectivity index (χ0) is 9.97. The Morgan fingerprint density at radius 2 is 2.14 bits per heavy atom. The van der Waals surface area contributed by atoms with Crippen LogP contribution in [-0.2, 0) is 6.42 Å². The number of hydrogen-bond acceptors (Lipinski definition) is 4. The molecule has 4 nitrogen and oxygen atoms in total. The highest BCUT2D eigenvalue weighted by atomic mass is 16.7. The van der Waals surface area contributed by atoms with Crippen LogP contribution in [0.4, 0.5) is 0 Å². The Bertz CT molecular complexity index is 395. The fraction of sp³-hybridized carbons (Fsp3) is 0.300. The third-order valence-electron chi connectivity index (χ3n) is 2.05. The lowest BCUT2D eigenvalue weighted by molar-refractivity contribution is 0.174. The predicted molar refractivity (Wildman–Crippen MR) is 48.4 cm³/mol. The largest absolute Gasteiger partial charge is 0.496 e. The summed E-state index contributed by atoms with van der Waals surface area (Å²) in [7, 11) is 1.57. The summed E-state index contributed by atoms with van der Waals surface area (Å²) in [5.74, 6) is 2.01. The van der Waals surface area contributed by atoms with Crippen molar-refractivity contribution in [3.8, 4) is 23.3 Å². The summed E-state index contributed by atoms with van der Waals surface area (Å²) >= 11 is 0. The van der Waals surface area contributed by atoms with E-state index in [0.717, 1.165) is 5.56 Å². The van der Waals surface area contributed by atoms with Crippen LogP contribution in [0.3, 0.4) is 0 Å². The van der Waals surface area contributed by atoms with Crippen LogP contribution < -0.4 is 14.2 Å². The van der Waals surface area contributed by atoms with Crippen LogP contribution in [0.1, 0.15) is 5.56 Å². The number of rotatable bonds is 2. The van der Waals surface area contributed by atoms with E-state index < -0.39 is 0 Å². The molecule has 72 valence electrons. The van der Waals surface area contributed by atoms with E-state index in [0.29, 0.717) is 23.7 Å². The van der Waals surface area contributed by atoms with Crippen molar-refractivity contribution in [3.63, 3.8) is 0 Å². The van der Waals surface area contributed by atoms with E-state index in [2.05, 4.69) is 6.07 Å². The van der Waals surface area contributed by atoms with Gasteiger partial charge in [0.2, 0.25) is 6.79 Å². The third-order valence-corrected chi connectivity index (χ3v) is 2.05. The van der Waals surface area contributed by atoms with Crippen LogP contribution in [0.5, 0.6) is 17.2 Å². The minimum absolute atomic E-state index is 0.231. The first-order chi connectivity index (χ1) is 6.85. The first kappa shape index (κ1) is 8.70. The molecule has 0 aromatic heterocycles. The molecule has 0 spiro atoms. The standard InChI is InChI=1S/C10H9NO3/c1-12-8-5-10-9(13-6-14-10)4-7(8)2-3-11/h4-5H,2,6H2,1H3. The molecule has 0 fully saturated rings. The van der Waals surface area contributed by atoms with Crippen molar-refractivity contribution >= 4 is 0 Å². The molecule has 0 aliphatic carbocycles. The van der Waals surface area contributed by atoms with Crippen LogP contribution in [0, 0.1) is 11.3 Å². The fourth-order valence-corrected chi connectivity index (χ4v) is 1.38. The van der Waals surface area contributed by atoms with Crippen molar-refractivity contribution in [3.05, 3.63) is 17.7 Å². The summed E-state index contributed by atoms with van der Waals surface area (Å²) in [5.41, 5.74) is 0.819. The topological polar surface area (TPSA) is 51.5 Å². The highest BCUT2D eigenvalue weighted by Crippen LogP contribution is 2.38. The predicted octanol–water partition coefficient (Wildman–Crippen LogP) is 1.49. The molecule has 0 unspecified atom stereocenters. The summed E-state index contributed by atoms with van der Waals surface area (Å²) < 4.78 is 15.5. The van der Waals surface area contributed by atoms with Crippen molar-refractivity contribution in [2.45, 2.75) is 6.42 Å². The van der Waals surface area contributed by atoms with Gasteiger partial charge in [-0.2, -0.15) is 5.26 Å². The molecular weight excluding hydrogens is 182 g/mol. The van der Waals surface area contributed by atoms with Gasteiger partial charge < -0.3 is 14.2 Å². The second-order valence-electron chi connectivity index (χ2n) is 2.85. The molecule has 2 rings (SSSR count). The fourth-order valence-electron chi connectivity index (χ4n) is 1.38. The van der Waals surface area contributed by atoms with Gasteiger partial charge in [-0.3, -0.25) is 0 Å². The van der Waals surface area contributed by atoms with Gasteiger partial charge in [0.25, 0.3) is 0 Å². The van der Waals surface area contributed by atoms with Crippen molar-refractivity contribution < 1.29 is 14.2 Å². The van der Waals surface area contributed by atoms with Gasteiger partial charge in [-0.1, -0.05) is 0 Å². The molecule has 0 saturated carbocycles. The Morgan fingerprint density at radius 1 is 1.43 bits per heavy atom. The van der Waals surface area contributed by atoms with E-state index in [1.165, 1.54) is 0 Å². The van der Waals surface area contributed by atoms with Crippen LogP contribution in [0.2, 0.25) is 0 Å². The molecule has 1 aliphatic rings. The van der Waals surface area contributed by atoms with Crippen LogP contribution in [-0.4, -0.2) is 13.9 Å². The highest BCUT2D eigenvalue weighted by Gasteiger charge is 2.17. The second kappa shape index (κ2) is 3.46. The molecular formula is C10H9NO3. The minimum atomic E-state index is 0.231. The zero-order valence-corrected chi connectivity index (χ0v) is 7.74. The first-order valence-corrected chi connectivity index (χ1v) is 4.18. The van der Waals surface area contributed by atoms with Gasteiger partial charge in [0, 0.05) is 11.6 Å². The van der Waals surface area contributed by atoms with E-state index in [4.69, 9.17) is 19.5 Å².